The van der Waals surface area contributed by atoms with E-state index in [9.17, 15) is 10.0 Å². The van der Waals surface area contributed by atoms with Gasteiger partial charge in [-0.05, 0) is 37.1 Å². The van der Waals surface area contributed by atoms with Crippen LogP contribution in [0.5, 0.6) is 0 Å². The van der Waals surface area contributed by atoms with Gasteiger partial charge in [0.05, 0.1) is 11.9 Å². The number of piperazine rings is 1. The molecule has 6 rings (SSSR count). The Labute approximate surface area is 214 Å². The number of amides is 1. The maximum Gasteiger partial charge on any atom is 0.272 e. The monoisotopic (exact) mass is 499 g/mol. The van der Waals surface area contributed by atoms with Gasteiger partial charge in [-0.15, -0.1) is 0 Å². The van der Waals surface area contributed by atoms with Crippen LogP contribution in [0.15, 0.2) is 55.1 Å². The van der Waals surface area contributed by atoms with Gasteiger partial charge in [0.1, 0.15) is 22.8 Å². The Hall–Kier alpha value is -4.25. The molecule has 0 atom stereocenters. The highest BCUT2D eigenvalue weighted by molar-refractivity contribution is 6.06. The second kappa shape index (κ2) is 10.0. The van der Waals surface area contributed by atoms with Crippen molar-refractivity contribution in [2.24, 2.45) is 0 Å². The normalized spacial score (nSPS) is 16.3. The van der Waals surface area contributed by atoms with Crippen LogP contribution in [0.25, 0.3) is 11.0 Å². The van der Waals surface area contributed by atoms with Gasteiger partial charge in [-0.1, -0.05) is 12.8 Å². The highest BCUT2D eigenvalue weighted by atomic mass is 16.5. The van der Waals surface area contributed by atoms with Crippen molar-refractivity contribution >= 4 is 40.1 Å². The van der Waals surface area contributed by atoms with Crippen molar-refractivity contribution in [1.82, 2.24) is 24.8 Å². The van der Waals surface area contributed by atoms with Crippen LogP contribution in [0.3, 0.4) is 0 Å². The van der Waals surface area contributed by atoms with Crippen molar-refractivity contribution in [2.45, 2.75) is 31.7 Å². The Morgan fingerprint density at radius 1 is 1.11 bits per heavy atom. The Bertz CT molecular complexity index is 1410. The van der Waals surface area contributed by atoms with Gasteiger partial charge in [0.15, 0.2) is 6.20 Å². The van der Waals surface area contributed by atoms with E-state index >= 15 is 0 Å². The van der Waals surface area contributed by atoms with Crippen molar-refractivity contribution in [1.29, 1.82) is 0 Å². The second-order valence-electron chi connectivity index (χ2n) is 9.48. The molecule has 1 aliphatic carbocycles. The molecule has 3 N–H and O–H groups in total. The van der Waals surface area contributed by atoms with Crippen LogP contribution in [-0.2, 0) is 0 Å². The molecule has 5 heterocycles. The number of carbonyl (C=O) groups is 1. The SMILES string of the molecule is O=C(Nc1ccc[n+]([O-])c1)c1cc2cnc(Nc3ccc(N4CCNCC4)cn3)nc2n1C1CCCC1. The van der Waals surface area contributed by atoms with Crippen LogP contribution in [0.4, 0.5) is 23.1 Å². The van der Waals surface area contributed by atoms with Gasteiger partial charge in [-0.3, -0.25) is 4.79 Å². The van der Waals surface area contributed by atoms with Crippen LogP contribution in [-0.4, -0.2) is 51.6 Å². The second-order valence-corrected chi connectivity index (χ2v) is 9.48. The van der Waals surface area contributed by atoms with Crippen molar-refractivity contribution in [3.05, 3.63) is 66.0 Å². The standard InChI is InChI=1S/C26H29N9O2/c36-25(30-19-4-3-11-34(37)17-19)22-14-18-15-29-26(32-24(18)35(22)20-5-1-2-6-20)31-23-8-7-21(16-28-23)33-12-9-27-10-13-33/h3-4,7-8,11,14-17,20,27H,1-2,5-6,9-10,12-13H2,(H,30,36)(H,28,29,31,32). The molecule has 1 saturated heterocycles. The summed E-state index contributed by atoms with van der Waals surface area (Å²) in [6, 6.07) is 9.28. The molecule has 4 aromatic heterocycles. The lowest BCUT2D eigenvalue weighted by atomic mass is 10.2. The summed E-state index contributed by atoms with van der Waals surface area (Å²) in [5.41, 5.74) is 2.75. The third-order valence-corrected chi connectivity index (χ3v) is 7.00. The molecular weight excluding hydrogens is 470 g/mol. The lowest BCUT2D eigenvalue weighted by Gasteiger charge is -2.29. The molecule has 1 saturated carbocycles. The third-order valence-electron chi connectivity index (χ3n) is 7.00. The predicted molar refractivity (Wildman–Crippen MR) is 141 cm³/mol. The van der Waals surface area contributed by atoms with Crippen molar-refractivity contribution in [3.63, 3.8) is 0 Å². The summed E-state index contributed by atoms with van der Waals surface area (Å²) in [5, 5.41) is 21.8. The van der Waals surface area contributed by atoms with E-state index < -0.39 is 0 Å². The molecular formula is C26H29N9O2. The van der Waals surface area contributed by atoms with Gasteiger partial charge in [0.2, 0.25) is 12.1 Å². The van der Waals surface area contributed by atoms with E-state index in [0.29, 0.717) is 33.5 Å². The van der Waals surface area contributed by atoms with Gasteiger partial charge in [-0.2, -0.15) is 9.71 Å². The maximum absolute atomic E-state index is 13.3. The summed E-state index contributed by atoms with van der Waals surface area (Å²) >= 11 is 0. The number of hydrogen-bond donors (Lipinski definition) is 3. The molecule has 0 bridgehead atoms. The number of pyridine rings is 2. The quantitative estimate of drug-likeness (QED) is 0.273. The Morgan fingerprint density at radius 2 is 1.95 bits per heavy atom. The number of rotatable bonds is 6. The number of anilines is 4. The number of nitrogens with zero attached hydrogens (tertiary/aromatic N) is 6. The lowest BCUT2D eigenvalue weighted by Crippen LogP contribution is -2.43. The molecule has 4 aromatic rings. The van der Waals surface area contributed by atoms with Crippen LogP contribution in [0.2, 0.25) is 0 Å². The molecule has 2 aliphatic rings. The fourth-order valence-electron chi connectivity index (χ4n) is 5.18. The third kappa shape index (κ3) is 4.90. The van der Waals surface area contributed by atoms with Gasteiger partial charge >= 0.3 is 0 Å². The lowest BCUT2D eigenvalue weighted by molar-refractivity contribution is -0.604. The molecule has 0 spiro atoms. The van der Waals surface area contributed by atoms with Crippen LogP contribution in [0.1, 0.15) is 42.2 Å². The van der Waals surface area contributed by atoms with E-state index in [1.807, 2.05) is 22.9 Å². The highest BCUT2D eigenvalue weighted by Crippen LogP contribution is 2.35. The van der Waals surface area contributed by atoms with Gasteiger partial charge in [0.25, 0.3) is 5.91 Å². The average molecular weight is 500 g/mol. The molecule has 1 amide bonds. The summed E-state index contributed by atoms with van der Waals surface area (Å²) in [6.45, 7) is 3.87. The van der Waals surface area contributed by atoms with Gasteiger partial charge in [-0.25, -0.2) is 9.97 Å². The van der Waals surface area contributed by atoms with E-state index in [4.69, 9.17) is 4.98 Å². The number of hydrogen-bond acceptors (Lipinski definition) is 8. The Morgan fingerprint density at radius 3 is 2.70 bits per heavy atom. The van der Waals surface area contributed by atoms with Crippen LogP contribution < -0.4 is 25.6 Å². The first-order valence-corrected chi connectivity index (χ1v) is 12.7. The zero-order valence-corrected chi connectivity index (χ0v) is 20.4. The first-order chi connectivity index (χ1) is 18.1. The minimum atomic E-state index is -0.282. The molecule has 1 aliphatic heterocycles. The molecule has 0 aromatic carbocycles. The summed E-state index contributed by atoms with van der Waals surface area (Å²) in [4.78, 5) is 29.4. The first kappa shape index (κ1) is 23.2. The van der Waals surface area contributed by atoms with E-state index in [1.54, 1.807) is 18.3 Å². The Balaban J connectivity index is 1.28. The minimum Gasteiger partial charge on any atom is -0.619 e. The molecule has 0 radical (unpaired) electrons. The minimum absolute atomic E-state index is 0.178. The predicted octanol–water partition coefficient (Wildman–Crippen LogP) is 2.98. The summed E-state index contributed by atoms with van der Waals surface area (Å²) in [7, 11) is 0. The fourth-order valence-corrected chi connectivity index (χ4v) is 5.18. The van der Waals surface area contributed by atoms with Crippen LogP contribution in [0, 0.1) is 5.21 Å². The number of fused-ring (bicyclic) bond motifs is 1. The van der Waals surface area contributed by atoms with E-state index in [2.05, 4.69) is 36.9 Å². The van der Waals surface area contributed by atoms with Crippen molar-refractivity contribution in [2.75, 3.05) is 41.7 Å². The smallest absolute Gasteiger partial charge is 0.272 e. The van der Waals surface area contributed by atoms with Crippen molar-refractivity contribution < 1.29 is 9.52 Å². The van der Waals surface area contributed by atoms with Gasteiger partial charge in [0, 0.05) is 49.9 Å². The molecule has 37 heavy (non-hydrogen) atoms. The molecule has 2 fully saturated rings. The Kier molecular flexibility index (Phi) is 6.27. The topological polar surface area (TPSA) is 127 Å². The van der Waals surface area contributed by atoms with Crippen LogP contribution >= 0.6 is 0 Å². The first-order valence-electron chi connectivity index (χ1n) is 12.7. The maximum atomic E-state index is 13.3. The van der Waals surface area contributed by atoms with E-state index in [0.717, 1.165) is 62.9 Å². The summed E-state index contributed by atoms with van der Waals surface area (Å²) < 4.78 is 2.69. The number of nitrogens with one attached hydrogen (secondary N) is 3. The zero-order valence-electron chi connectivity index (χ0n) is 20.4. The molecule has 190 valence electrons. The van der Waals surface area contributed by atoms with Gasteiger partial charge < -0.3 is 30.6 Å². The summed E-state index contributed by atoms with van der Waals surface area (Å²) in [5.74, 6) is 0.802. The number of aromatic nitrogens is 5. The van der Waals surface area contributed by atoms with E-state index in [-0.39, 0.29) is 11.9 Å². The zero-order chi connectivity index (χ0) is 25.2. The average Bonchev–Trinajstić information content (AvgIpc) is 3.57. The van der Waals surface area contributed by atoms with Crippen molar-refractivity contribution in [3.8, 4) is 0 Å². The largest absolute Gasteiger partial charge is 0.619 e. The molecule has 11 heteroatoms. The number of carbonyl (C=O) groups excluding carboxylic acids is 1. The summed E-state index contributed by atoms with van der Waals surface area (Å²) in [6.07, 6.45) is 10.5. The van der Waals surface area contributed by atoms with E-state index in [1.165, 1.54) is 12.4 Å². The molecule has 0 unspecified atom stereocenters. The molecule has 11 nitrogen and oxygen atoms in total. The highest BCUT2D eigenvalue weighted by Gasteiger charge is 2.26. The fraction of sp³-hybridized carbons (Fsp3) is 0.346.